The molecule has 2 aliphatic rings. The first-order valence-corrected chi connectivity index (χ1v) is 23.7. The first-order valence-electron chi connectivity index (χ1n) is 21.5. The van der Waals surface area contributed by atoms with Gasteiger partial charge in [-0.25, -0.2) is 17.2 Å². The van der Waals surface area contributed by atoms with Crippen LogP contribution in [0.3, 0.4) is 0 Å². The number of carbonyl (C=O) groups excluding carboxylic acids is 3. The minimum atomic E-state index is -4.39. The van der Waals surface area contributed by atoms with Gasteiger partial charge in [0.05, 0.1) is 20.4 Å². The van der Waals surface area contributed by atoms with Crippen molar-refractivity contribution >= 4 is 62.3 Å². The van der Waals surface area contributed by atoms with Crippen LogP contribution in [0.4, 0.5) is 20.2 Å². The van der Waals surface area contributed by atoms with E-state index in [-0.39, 0.29) is 56.9 Å². The summed E-state index contributed by atoms with van der Waals surface area (Å²) in [5.74, 6) is -3.14. The molecule has 0 saturated heterocycles. The molecule has 0 aliphatic heterocycles. The van der Waals surface area contributed by atoms with Gasteiger partial charge in [-0.3, -0.25) is 14.4 Å². The van der Waals surface area contributed by atoms with Crippen molar-refractivity contribution < 1.29 is 31.6 Å². The Balaban J connectivity index is 1.20. The van der Waals surface area contributed by atoms with E-state index in [9.17, 15) is 31.6 Å². The van der Waals surface area contributed by atoms with E-state index in [2.05, 4.69) is 27.6 Å². The molecule has 0 heterocycles. The first kappa shape index (κ1) is 46.8. The number of carbonyl (C=O) groups is 3. The molecule has 0 radical (unpaired) electrons. The van der Waals surface area contributed by atoms with Gasteiger partial charge < -0.3 is 16.0 Å². The number of hydrogen-bond donors (Lipinski definition) is 4. The fourth-order valence-electron chi connectivity index (χ4n) is 9.75. The van der Waals surface area contributed by atoms with Gasteiger partial charge >= 0.3 is 0 Å². The molecular formula is C50H52Cl2F2N4O5S. The van der Waals surface area contributed by atoms with Crippen molar-refractivity contribution in [1.82, 2.24) is 10.0 Å². The zero-order valence-electron chi connectivity index (χ0n) is 36.1. The van der Waals surface area contributed by atoms with E-state index >= 15 is 0 Å². The molecule has 5 aromatic rings. The van der Waals surface area contributed by atoms with Crippen LogP contribution in [0.1, 0.15) is 87.1 Å². The predicted octanol–water partition coefficient (Wildman–Crippen LogP) is 10.3. The van der Waals surface area contributed by atoms with Crippen LogP contribution in [-0.4, -0.2) is 38.2 Å². The molecule has 5 atom stereocenters. The molecule has 5 aromatic carbocycles. The Kier molecular flexibility index (Phi) is 14.0. The van der Waals surface area contributed by atoms with Gasteiger partial charge in [-0.1, -0.05) is 124 Å². The van der Waals surface area contributed by atoms with Crippen LogP contribution in [0.2, 0.25) is 10.0 Å². The maximum atomic E-state index is 14.8. The highest BCUT2D eigenvalue weighted by atomic mass is 35.5. The van der Waals surface area contributed by atoms with E-state index in [1.54, 1.807) is 30.3 Å². The highest BCUT2D eigenvalue weighted by Gasteiger charge is 2.55. The second-order valence-electron chi connectivity index (χ2n) is 17.8. The van der Waals surface area contributed by atoms with Gasteiger partial charge in [0.15, 0.2) is 0 Å². The molecule has 2 aliphatic carbocycles. The van der Waals surface area contributed by atoms with Crippen molar-refractivity contribution in [2.75, 3.05) is 10.6 Å². The third-order valence-electron chi connectivity index (χ3n) is 13.1. The van der Waals surface area contributed by atoms with Crippen LogP contribution in [0.25, 0.3) is 0 Å². The fourth-order valence-corrected chi connectivity index (χ4v) is 11.7. The standard InChI is InChI=1S/C50H52Cl2F2N4O5S/c1-30(2)36-26-33-16-21-45-49(3,22-11-23-50(45,4)48(61)57-42(24-31-12-7-5-8-13-31)46(59)55-34-17-19-40(53)38(51)27-34)37(33)29-44(36)64(62,63)58-43(25-32-14-9-6-10-15-32)47(60)56-35-18-20-41(54)39(52)28-35/h5-10,12-15,17-20,26-30,42-43,45,58H,11,16,21-25H2,1-4H3,(H,55,59)(H,56,60)(H,57,61)/t42-,43-,45-,49-,50-/m1/s1. The second-order valence-corrected chi connectivity index (χ2v) is 20.3. The molecule has 3 amide bonds. The molecule has 9 nitrogen and oxygen atoms in total. The Morgan fingerprint density at radius 2 is 1.27 bits per heavy atom. The number of benzene rings is 5. The summed E-state index contributed by atoms with van der Waals surface area (Å²) in [6.07, 6.45) is 3.39. The minimum absolute atomic E-state index is 0.0248. The smallest absolute Gasteiger partial charge is 0.247 e. The number of rotatable bonds is 14. The molecule has 336 valence electrons. The number of sulfonamides is 1. The zero-order valence-corrected chi connectivity index (χ0v) is 38.4. The average Bonchev–Trinajstić information content (AvgIpc) is 3.26. The van der Waals surface area contributed by atoms with Crippen LogP contribution in [0.5, 0.6) is 0 Å². The molecule has 0 bridgehead atoms. The van der Waals surface area contributed by atoms with Crippen molar-refractivity contribution in [1.29, 1.82) is 0 Å². The number of aryl methyl sites for hydroxylation is 1. The lowest BCUT2D eigenvalue weighted by molar-refractivity contribution is -0.141. The SMILES string of the molecule is CC(C)c1cc2c(cc1S(=O)(=O)N[C@H](Cc1ccccc1)C(=O)Nc1ccc(F)c(Cl)c1)[C@@]1(C)CCC[C@@](C)(C(=O)N[C@H](Cc3ccccc3)C(=O)Nc3ccc(F)c(Cl)c3)[C@@H]1CC2. The third kappa shape index (κ3) is 10.1. The largest absolute Gasteiger partial charge is 0.343 e. The van der Waals surface area contributed by atoms with E-state index in [0.717, 1.165) is 34.4 Å². The quantitative estimate of drug-likeness (QED) is 0.0880. The number of anilines is 2. The Morgan fingerprint density at radius 1 is 0.734 bits per heavy atom. The Morgan fingerprint density at radius 3 is 1.80 bits per heavy atom. The summed E-state index contributed by atoms with van der Waals surface area (Å²) < 4.78 is 60.3. The van der Waals surface area contributed by atoms with Gasteiger partial charge in [0.1, 0.15) is 23.7 Å². The van der Waals surface area contributed by atoms with E-state index < -0.39 is 56.4 Å². The van der Waals surface area contributed by atoms with Gasteiger partial charge in [0.25, 0.3) is 0 Å². The van der Waals surface area contributed by atoms with Crippen molar-refractivity contribution in [2.45, 2.75) is 101 Å². The Bertz CT molecular complexity index is 2670. The number of nitrogens with one attached hydrogen (secondary N) is 4. The van der Waals surface area contributed by atoms with Gasteiger partial charge in [-0.15, -0.1) is 0 Å². The predicted molar refractivity (Wildman–Crippen MR) is 248 cm³/mol. The third-order valence-corrected chi connectivity index (χ3v) is 15.2. The monoisotopic (exact) mass is 928 g/mol. The first-order chi connectivity index (χ1) is 30.4. The highest BCUT2D eigenvalue weighted by Crippen LogP contribution is 2.58. The fraction of sp³-hybridized carbons (Fsp3) is 0.340. The summed E-state index contributed by atoms with van der Waals surface area (Å²) >= 11 is 12.0. The Hall–Kier alpha value is -5.14. The summed E-state index contributed by atoms with van der Waals surface area (Å²) in [6, 6.07) is 27.5. The normalized spacial score (nSPS) is 20.4. The van der Waals surface area contributed by atoms with Crippen LogP contribution in [-0.2, 0) is 49.1 Å². The van der Waals surface area contributed by atoms with Gasteiger partial charge in [0, 0.05) is 17.8 Å². The van der Waals surface area contributed by atoms with Crippen LogP contribution < -0.4 is 20.7 Å². The summed E-state index contributed by atoms with van der Waals surface area (Å²) in [5, 5.41) is 8.27. The summed E-state index contributed by atoms with van der Waals surface area (Å²) in [6.45, 7) is 7.89. The topological polar surface area (TPSA) is 133 Å². The van der Waals surface area contributed by atoms with Crippen molar-refractivity contribution in [3.63, 3.8) is 0 Å². The van der Waals surface area contributed by atoms with Crippen molar-refractivity contribution in [3.05, 3.63) is 159 Å². The van der Waals surface area contributed by atoms with Crippen molar-refractivity contribution in [2.24, 2.45) is 11.3 Å². The van der Waals surface area contributed by atoms with E-state index in [1.807, 2.05) is 63.2 Å². The van der Waals surface area contributed by atoms with E-state index in [1.165, 1.54) is 24.3 Å². The number of fused-ring (bicyclic) bond motifs is 3. The lowest BCUT2D eigenvalue weighted by atomic mass is 9.49. The highest BCUT2D eigenvalue weighted by molar-refractivity contribution is 7.89. The molecule has 14 heteroatoms. The molecule has 0 aromatic heterocycles. The zero-order chi connectivity index (χ0) is 46.0. The van der Waals surface area contributed by atoms with Gasteiger partial charge in [-0.05, 0) is 120 Å². The van der Waals surface area contributed by atoms with E-state index in [4.69, 9.17) is 23.2 Å². The molecule has 0 spiro atoms. The molecule has 7 rings (SSSR count). The lowest BCUT2D eigenvalue weighted by Gasteiger charge is -2.55. The van der Waals surface area contributed by atoms with Crippen molar-refractivity contribution in [3.8, 4) is 0 Å². The Labute approximate surface area is 383 Å². The number of hydrogen-bond acceptors (Lipinski definition) is 5. The maximum Gasteiger partial charge on any atom is 0.247 e. The molecular weight excluding hydrogens is 878 g/mol. The average molecular weight is 930 g/mol. The molecule has 1 fully saturated rings. The van der Waals surface area contributed by atoms with Crippen LogP contribution in [0, 0.1) is 23.0 Å². The summed E-state index contributed by atoms with van der Waals surface area (Å²) in [4.78, 5) is 42.7. The van der Waals surface area contributed by atoms with Gasteiger partial charge in [0.2, 0.25) is 27.7 Å². The second kappa shape index (κ2) is 19.1. The summed E-state index contributed by atoms with van der Waals surface area (Å²) in [5.41, 5.74) is 2.91. The van der Waals surface area contributed by atoms with Gasteiger partial charge in [-0.2, -0.15) is 4.72 Å². The lowest BCUT2D eigenvalue weighted by Crippen LogP contribution is -2.58. The molecule has 64 heavy (non-hydrogen) atoms. The maximum absolute atomic E-state index is 14.8. The molecule has 4 N–H and O–H groups in total. The van der Waals surface area contributed by atoms with E-state index in [0.29, 0.717) is 37.7 Å². The number of halogens is 4. The molecule has 0 unspecified atom stereocenters. The molecule has 1 saturated carbocycles. The van der Waals surface area contributed by atoms with Crippen LogP contribution >= 0.6 is 23.2 Å². The van der Waals surface area contributed by atoms with Crippen LogP contribution in [0.15, 0.2) is 114 Å². The number of amides is 3. The summed E-state index contributed by atoms with van der Waals surface area (Å²) in [7, 11) is -4.39. The minimum Gasteiger partial charge on any atom is -0.343 e.